The Bertz CT molecular complexity index is 821. The van der Waals surface area contributed by atoms with Gasteiger partial charge < -0.3 is 32.0 Å². The van der Waals surface area contributed by atoms with Gasteiger partial charge in [0, 0.05) is 52.4 Å². The predicted octanol–water partition coefficient (Wildman–Crippen LogP) is -0.0640. The van der Waals surface area contributed by atoms with Gasteiger partial charge in [0.15, 0.2) is 23.3 Å². The highest BCUT2D eigenvalue weighted by Crippen LogP contribution is 2.12. The number of hydrogen-bond acceptors (Lipinski definition) is 14. The van der Waals surface area contributed by atoms with E-state index < -0.39 is 11.6 Å². The lowest BCUT2D eigenvalue weighted by Gasteiger charge is -2.26. The van der Waals surface area contributed by atoms with E-state index >= 15 is 0 Å². The fourth-order valence-electron chi connectivity index (χ4n) is 3.29. The summed E-state index contributed by atoms with van der Waals surface area (Å²) in [4.78, 5) is 19.2. The highest BCUT2D eigenvalue weighted by Gasteiger charge is 2.12. The van der Waals surface area contributed by atoms with Gasteiger partial charge in [0.05, 0.1) is 38.8 Å². The van der Waals surface area contributed by atoms with Crippen LogP contribution in [-0.4, -0.2) is 109 Å². The maximum absolute atomic E-state index is 13.3. The van der Waals surface area contributed by atoms with Crippen LogP contribution in [0, 0.1) is 11.6 Å². The van der Waals surface area contributed by atoms with E-state index in [1.54, 1.807) is 0 Å². The van der Waals surface area contributed by atoms with Crippen molar-refractivity contribution in [2.45, 2.75) is 0 Å². The summed E-state index contributed by atoms with van der Waals surface area (Å²) in [6, 6.07) is 0. The van der Waals surface area contributed by atoms with Gasteiger partial charge in [0.1, 0.15) is 0 Å². The van der Waals surface area contributed by atoms with Crippen LogP contribution in [0.25, 0.3) is 0 Å². The molecular weight excluding hydrogens is 514 g/mol. The Hall–Kier alpha value is -2.57. The first-order valence-corrected chi connectivity index (χ1v) is 11.8. The van der Waals surface area contributed by atoms with Crippen molar-refractivity contribution < 1.29 is 18.3 Å². The summed E-state index contributed by atoms with van der Waals surface area (Å²) >= 11 is 5.59. The number of rotatable bonds is 8. The average molecular weight is 551 g/mol. The molecule has 0 aromatic carbocycles. The first-order chi connectivity index (χ1) is 17.5. The summed E-state index contributed by atoms with van der Waals surface area (Å²) in [5, 5.41) is 5.86. The Labute approximate surface area is 219 Å². The van der Waals surface area contributed by atoms with Crippen molar-refractivity contribution in [3.8, 4) is 0 Å². The molecule has 4 rings (SSSR count). The van der Waals surface area contributed by atoms with Crippen LogP contribution in [0.5, 0.6) is 0 Å². The second kappa shape index (κ2) is 18.6. The molecule has 2 aliphatic heterocycles. The predicted molar refractivity (Wildman–Crippen MR) is 138 cm³/mol. The number of nitrogens with zero attached hydrogens (tertiary/aromatic N) is 6. The fraction of sp³-hybridized carbons (Fsp3) is 0.600. The number of aromatic nitrogens is 4. The Morgan fingerprint density at radius 2 is 1.24 bits per heavy atom. The molecule has 0 amide bonds. The molecule has 0 saturated carbocycles. The minimum Gasteiger partial charge on any atom is -0.379 e. The number of morpholine rings is 2. The number of nitrogens with two attached hydrogens (primary N) is 3. The van der Waals surface area contributed by atoms with Gasteiger partial charge in [-0.15, -0.1) is 0 Å². The third-order valence-corrected chi connectivity index (χ3v) is 5.31. The lowest BCUT2D eigenvalue weighted by Crippen LogP contribution is -2.39. The summed E-state index contributed by atoms with van der Waals surface area (Å²) in [6.45, 7) is 9.56. The van der Waals surface area contributed by atoms with E-state index in [2.05, 4.69) is 52.1 Å². The molecule has 2 aromatic heterocycles. The lowest BCUT2D eigenvalue weighted by atomic mass is 10.4. The summed E-state index contributed by atoms with van der Waals surface area (Å²) in [6.07, 6.45) is 2.13. The van der Waals surface area contributed by atoms with Crippen molar-refractivity contribution in [1.29, 1.82) is 0 Å². The van der Waals surface area contributed by atoms with Crippen LogP contribution in [0.2, 0.25) is 5.28 Å². The average Bonchev–Trinajstić information content (AvgIpc) is 2.91. The number of halogens is 3. The second-order valence-corrected chi connectivity index (χ2v) is 7.86. The smallest absolute Gasteiger partial charge is 0.224 e. The maximum Gasteiger partial charge on any atom is 0.224 e. The van der Waals surface area contributed by atoms with Crippen molar-refractivity contribution in [2.75, 3.05) is 95.2 Å². The molecule has 210 valence electrons. The van der Waals surface area contributed by atoms with Crippen LogP contribution < -0.4 is 34.2 Å². The van der Waals surface area contributed by atoms with E-state index in [0.29, 0.717) is 13.1 Å². The van der Waals surface area contributed by atoms with Crippen LogP contribution in [0.1, 0.15) is 0 Å². The topological polar surface area (TPSA) is 214 Å². The molecule has 14 nitrogen and oxygen atoms in total. The lowest BCUT2D eigenvalue weighted by molar-refractivity contribution is 0.0398. The van der Waals surface area contributed by atoms with Gasteiger partial charge in [0.25, 0.3) is 0 Å². The van der Waals surface area contributed by atoms with Gasteiger partial charge in [-0.2, -0.15) is 9.97 Å². The summed E-state index contributed by atoms with van der Waals surface area (Å²) in [5.74, 6) is 7.40. The van der Waals surface area contributed by atoms with Gasteiger partial charge in [-0.1, -0.05) is 0 Å². The van der Waals surface area contributed by atoms with Crippen LogP contribution in [0.15, 0.2) is 12.4 Å². The monoisotopic (exact) mass is 550 g/mol. The molecule has 2 aromatic rings. The van der Waals surface area contributed by atoms with E-state index in [4.69, 9.17) is 26.8 Å². The molecule has 2 aliphatic rings. The molecule has 2 fully saturated rings. The molecule has 0 unspecified atom stereocenters. The SMILES string of the molecule is Fc1cnc(Cl)nc1NCCN1CCOCC1.N.NN.Nc1ncc(F)c(NCCN2CCOCC2)n1. The summed E-state index contributed by atoms with van der Waals surface area (Å²) in [7, 11) is 0. The number of ether oxygens (including phenoxy) is 2. The molecule has 17 heteroatoms. The van der Waals surface area contributed by atoms with Crippen molar-refractivity contribution in [1.82, 2.24) is 35.9 Å². The van der Waals surface area contributed by atoms with Crippen molar-refractivity contribution in [2.24, 2.45) is 11.7 Å². The molecule has 0 spiro atoms. The zero-order chi connectivity index (χ0) is 26.2. The number of nitrogens with one attached hydrogen (secondary N) is 2. The number of hydrazine groups is 1. The summed E-state index contributed by atoms with van der Waals surface area (Å²) < 4.78 is 37.0. The molecule has 11 N–H and O–H groups in total. The molecule has 37 heavy (non-hydrogen) atoms. The van der Waals surface area contributed by atoms with E-state index in [1.165, 1.54) is 0 Å². The molecule has 4 heterocycles. The van der Waals surface area contributed by atoms with Gasteiger partial charge >= 0.3 is 0 Å². The third-order valence-electron chi connectivity index (χ3n) is 5.13. The third kappa shape index (κ3) is 12.5. The largest absolute Gasteiger partial charge is 0.379 e. The van der Waals surface area contributed by atoms with Gasteiger partial charge in [0.2, 0.25) is 11.2 Å². The van der Waals surface area contributed by atoms with Crippen molar-refractivity contribution >= 4 is 29.2 Å². The molecular formula is C20H37ClF2N12O2. The Morgan fingerprint density at radius 3 is 1.73 bits per heavy atom. The second-order valence-electron chi connectivity index (χ2n) is 7.52. The molecule has 2 saturated heterocycles. The highest BCUT2D eigenvalue weighted by atomic mass is 35.5. The number of nitrogen functional groups attached to an aromatic ring is 1. The normalized spacial score (nSPS) is 15.8. The first-order valence-electron chi connectivity index (χ1n) is 11.4. The standard InChI is InChI=1S/C10H14ClFN4O.C10H16FN5O.H4N2.H3N/c11-10-14-7-8(12)9(15-10)13-1-2-16-3-5-17-6-4-16;11-8-7-14-10(12)15-9(8)13-1-2-16-3-5-17-6-4-16;1-2;/h7H,1-6H2,(H,13,14,15);7H,1-6H2,(H3,12,13,14,15);1-2H2;1H3. The van der Waals surface area contributed by atoms with Crippen LogP contribution in [0.3, 0.4) is 0 Å². The molecule has 0 aliphatic carbocycles. The van der Waals surface area contributed by atoms with Crippen LogP contribution in [0.4, 0.5) is 26.4 Å². The minimum absolute atomic E-state index is 0. The van der Waals surface area contributed by atoms with Crippen molar-refractivity contribution in [3.05, 3.63) is 29.3 Å². The number of hydrogen-bond donors (Lipinski definition) is 6. The van der Waals surface area contributed by atoms with E-state index in [9.17, 15) is 8.78 Å². The first kappa shape index (κ1) is 32.5. The maximum atomic E-state index is 13.3. The van der Waals surface area contributed by atoms with Gasteiger partial charge in [-0.05, 0) is 11.6 Å². The molecule has 0 bridgehead atoms. The Kier molecular flexibility index (Phi) is 16.4. The zero-order valence-corrected chi connectivity index (χ0v) is 21.5. The van der Waals surface area contributed by atoms with E-state index in [1.807, 2.05) is 0 Å². The summed E-state index contributed by atoms with van der Waals surface area (Å²) in [5.41, 5.74) is 5.39. The molecule has 0 radical (unpaired) electrons. The highest BCUT2D eigenvalue weighted by molar-refractivity contribution is 6.28. The Balaban J connectivity index is 0.000000338. The van der Waals surface area contributed by atoms with E-state index in [-0.39, 0.29) is 29.0 Å². The minimum atomic E-state index is -0.489. The fourth-order valence-corrected chi connectivity index (χ4v) is 3.42. The Morgan fingerprint density at radius 1 is 0.811 bits per heavy atom. The van der Waals surface area contributed by atoms with Crippen LogP contribution in [-0.2, 0) is 9.47 Å². The van der Waals surface area contributed by atoms with Crippen molar-refractivity contribution in [3.63, 3.8) is 0 Å². The number of anilines is 3. The van der Waals surface area contributed by atoms with E-state index in [0.717, 1.165) is 78.1 Å². The zero-order valence-electron chi connectivity index (χ0n) is 20.7. The van der Waals surface area contributed by atoms with Gasteiger partial charge in [-0.3, -0.25) is 21.5 Å². The van der Waals surface area contributed by atoms with Gasteiger partial charge in [-0.25, -0.2) is 18.7 Å². The quantitative estimate of drug-likeness (QED) is 0.144. The molecule has 0 atom stereocenters. The van der Waals surface area contributed by atoms with Crippen LogP contribution >= 0.6 is 11.6 Å².